The van der Waals surface area contributed by atoms with Gasteiger partial charge >= 0.3 is 6.09 Å². The summed E-state index contributed by atoms with van der Waals surface area (Å²) >= 11 is 0. The van der Waals surface area contributed by atoms with Crippen molar-refractivity contribution in [3.63, 3.8) is 0 Å². The SMILES string of the molecule is CCc1c(-c2ccc(OC)c(OC)c2)n(C)c2ccc(NC3CCN(C(=O)OC(C)(C)C)CC3)cc12. The highest BCUT2D eigenvalue weighted by Gasteiger charge is 2.27. The van der Waals surface area contributed by atoms with Crippen molar-refractivity contribution in [2.75, 3.05) is 32.6 Å². The molecule has 0 unspecified atom stereocenters. The maximum atomic E-state index is 12.4. The number of ether oxygens (including phenoxy) is 3. The zero-order chi connectivity index (χ0) is 26.0. The fourth-order valence-corrected chi connectivity index (χ4v) is 5.09. The Morgan fingerprint density at radius 2 is 1.72 bits per heavy atom. The number of hydrogen-bond acceptors (Lipinski definition) is 5. The Morgan fingerprint density at radius 3 is 2.33 bits per heavy atom. The zero-order valence-corrected chi connectivity index (χ0v) is 22.6. The highest BCUT2D eigenvalue weighted by Crippen LogP contribution is 2.38. The van der Waals surface area contributed by atoms with Crippen LogP contribution in [0.5, 0.6) is 11.5 Å². The molecule has 7 nitrogen and oxygen atoms in total. The number of aromatic nitrogens is 1. The molecule has 0 aliphatic carbocycles. The van der Waals surface area contributed by atoms with Gasteiger partial charge in [-0.3, -0.25) is 0 Å². The van der Waals surface area contributed by atoms with Gasteiger partial charge in [-0.05, 0) is 82.0 Å². The highest BCUT2D eigenvalue weighted by atomic mass is 16.6. The van der Waals surface area contributed by atoms with Gasteiger partial charge in [-0.15, -0.1) is 0 Å². The van der Waals surface area contributed by atoms with E-state index in [2.05, 4.69) is 48.1 Å². The lowest BCUT2D eigenvalue weighted by atomic mass is 10.0. The summed E-state index contributed by atoms with van der Waals surface area (Å²) in [5.41, 5.74) is 5.44. The van der Waals surface area contributed by atoms with Gasteiger partial charge < -0.3 is 29.0 Å². The number of fused-ring (bicyclic) bond motifs is 1. The van der Waals surface area contributed by atoms with Crippen LogP contribution in [0.4, 0.5) is 10.5 Å². The largest absolute Gasteiger partial charge is 0.493 e. The van der Waals surface area contributed by atoms with Gasteiger partial charge in [0.25, 0.3) is 0 Å². The Hall–Kier alpha value is -3.35. The molecule has 1 saturated heterocycles. The maximum Gasteiger partial charge on any atom is 0.410 e. The number of amides is 1. The molecule has 0 spiro atoms. The van der Waals surface area contributed by atoms with Crippen molar-refractivity contribution in [1.82, 2.24) is 9.47 Å². The number of anilines is 1. The lowest BCUT2D eigenvalue weighted by Crippen LogP contribution is -2.44. The van der Waals surface area contributed by atoms with Crippen molar-refractivity contribution < 1.29 is 19.0 Å². The quantitative estimate of drug-likeness (QED) is 0.441. The number of aryl methyl sites for hydroxylation is 2. The van der Waals surface area contributed by atoms with Crippen LogP contribution in [-0.4, -0.2) is 54.5 Å². The first kappa shape index (κ1) is 25.7. The lowest BCUT2D eigenvalue weighted by Gasteiger charge is -2.34. The predicted octanol–water partition coefficient (Wildman–Crippen LogP) is 6.24. The predicted molar refractivity (Wildman–Crippen MR) is 145 cm³/mol. The van der Waals surface area contributed by atoms with Crippen LogP contribution in [0, 0.1) is 0 Å². The third-order valence-corrected chi connectivity index (χ3v) is 6.83. The first-order valence-corrected chi connectivity index (χ1v) is 12.7. The molecule has 0 bridgehead atoms. The number of likely N-dealkylation sites (tertiary alicyclic amines) is 1. The van der Waals surface area contributed by atoms with Crippen molar-refractivity contribution in [1.29, 1.82) is 0 Å². The Bertz CT molecular complexity index is 1230. The van der Waals surface area contributed by atoms with E-state index in [0.717, 1.165) is 42.0 Å². The number of benzene rings is 2. The second-order valence-corrected chi connectivity index (χ2v) is 10.4. The molecule has 4 rings (SSSR count). The summed E-state index contributed by atoms with van der Waals surface area (Å²) in [6.45, 7) is 9.30. The van der Waals surface area contributed by atoms with Crippen LogP contribution in [0.25, 0.3) is 22.2 Å². The van der Waals surface area contributed by atoms with Gasteiger partial charge in [0.2, 0.25) is 0 Å². The smallest absolute Gasteiger partial charge is 0.410 e. The van der Waals surface area contributed by atoms with Crippen molar-refractivity contribution in [2.45, 2.75) is 58.6 Å². The summed E-state index contributed by atoms with van der Waals surface area (Å²) in [4.78, 5) is 14.2. The second kappa shape index (κ2) is 10.3. The number of carbonyl (C=O) groups excluding carboxylic acids is 1. The molecule has 36 heavy (non-hydrogen) atoms. The average molecular weight is 494 g/mol. The standard InChI is InChI=1S/C29H39N3O4/c1-8-22-23-18-21(30-20-13-15-32(16-14-20)28(33)36-29(2,3)4)10-11-24(23)31(5)27(22)19-9-12-25(34-6)26(17-19)35-7/h9-12,17-18,20,30H,8,13-16H2,1-7H3. The van der Waals surface area contributed by atoms with Crippen LogP contribution >= 0.6 is 0 Å². The summed E-state index contributed by atoms with van der Waals surface area (Å²) in [5, 5.41) is 4.96. The van der Waals surface area contributed by atoms with E-state index < -0.39 is 5.60 Å². The van der Waals surface area contributed by atoms with E-state index in [1.165, 1.54) is 22.2 Å². The molecule has 1 fully saturated rings. The van der Waals surface area contributed by atoms with E-state index in [-0.39, 0.29) is 6.09 Å². The Kier molecular flexibility index (Phi) is 7.38. The van der Waals surface area contributed by atoms with Gasteiger partial charge in [0, 0.05) is 48.3 Å². The molecule has 1 aromatic heterocycles. The number of nitrogens with one attached hydrogen (secondary N) is 1. The minimum absolute atomic E-state index is 0.220. The Labute approximate surface area is 214 Å². The van der Waals surface area contributed by atoms with E-state index in [9.17, 15) is 4.79 Å². The van der Waals surface area contributed by atoms with E-state index in [1.54, 1.807) is 14.2 Å². The Morgan fingerprint density at radius 1 is 1.03 bits per heavy atom. The van der Waals surface area contributed by atoms with Gasteiger partial charge in [0.15, 0.2) is 11.5 Å². The molecular formula is C29H39N3O4. The molecule has 194 valence electrons. The summed E-state index contributed by atoms with van der Waals surface area (Å²) in [7, 11) is 5.44. The first-order valence-electron chi connectivity index (χ1n) is 12.7. The minimum Gasteiger partial charge on any atom is -0.493 e. The van der Waals surface area contributed by atoms with Crippen LogP contribution in [0.15, 0.2) is 36.4 Å². The molecule has 3 aromatic rings. The van der Waals surface area contributed by atoms with Crippen molar-refractivity contribution >= 4 is 22.7 Å². The number of methoxy groups -OCH3 is 2. The van der Waals surface area contributed by atoms with Gasteiger partial charge in [0.05, 0.1) is 19.9 Å². The van der Waals surface area contributed by atoms with Crippen molar-refractivity contribution in [3.05, 3.63) is 42.0 Å². The summed E-state index contributed by atoms with van der Waals surface area (Å²) < 4.78 is 18.8. The van der Waals surface area contributed by atoms with Crippen LogP contribution in [-0.2, 0) is 18.2 Å². The van der Waals surface area contributed by atoms with E-state index >= 15 is 0 Å². The van der Waals surface area contributed by atoms with Gasteiger partial charge in [0.1, 0.15) is 5.60 Å². The first-order chi connectivity index (χ1) is 17.1. The number of carbonyl (C=O) groups is 1. The zero-order valence-electron chi connectivity index (χ0n) is 22.6. The second-order valence-electron chi connectivity index (χ2n) is 10.4. The molecule has 1 N–H and O–H groups in total. The average Bonchev–Trinajstić information content (AvgIpc) is 3.13. The molecule has 1 aliphatic rings. The van der Waals surface area contributed by atoms with Gasteiger partial charge in [-0.2, -0.15) is 0 Å². The maximum absolute atomic E-state index is 12.4. The fourth-order valence-electron chi connectivity index (χ4n) is 5.09. The van der Waals surface area contributed by atoms with Crippen LogP contribution in [0.3, 0.4) is 0 Å². The normalized spacial score (nSPS) is 14.7. The van der Waals surface area contributed by atoms with Crippen molar-refractivity contribution in [3.8, 4) is 22.8 Å². The number of nitrogens with zero attached hydrogens (tertiary/aromatic N) is 2. The highest BCUT2D eigenvalue weighted by molar-refractivity contribution is 5.94. The number of piperidine rings is 1. The molecule has 0 atom stereocenters. The molecule has 2 heterocycles. The lowest BCUT2D eigenvalue weighted by molar-refractivity contribution is 0.0210. The molecule has 2 aromatic carbocycles. The molecule has 1 amide bonds. The molecule has 1 aliphatic heterocycles. The van der Waals surface area contributed by atoms with Crippen LogP contribution < -0.4 is 14.8 Å². The van der Waals surface area contributed by atoms with Gasteiger partial charge in [-0.1, -0.05) is 6.92 Å². The molecule has 0 saturated carbocycles. The topological polar surface area (TPSA) is 65.0 Å². The van der Waals surface area contributed by atoms with E-state index in [0.29, 0.717) is 19.1 Å². The van der Waals surface area contributed by atoms with E-state index in [1.807, 2.05) is 37.8 Å². The molecule has 7 heteroatoms. The summed E-state index contributed by atoms with van der Waals surface area (Å²) in [6.07, 6.45) is 2.48. The van der Waals surface area contributed by atoms with Crippen LogP contribution in [0.1, 0.15) is 46.1 Å². The third kappa shape index (κ3) is 5.25. The Balaban J connectivity index is 1.55. The fraction of sp³-hybridized carbons (Fsp3) is 0.483. The van der Waals surface area contributed by atoms with E-state index in [4.69, 9.17) is 14.2 Å². The summed E-state index contributed by atoms with van der Waals surface area (Å²) in [6, 6.07) is 13.0. The van der Waals surface area contributed by atoms with Crippen LogP contribution in [0.2, 0.25) is 0 Å². The number of rotatable bonds is 6. The summed E-state index contributed by atoms with van der Waals surface area (Å²) in [5.74, 6) is 1.45. The van der Waals surface area contributed by atoms with Gasteiger partial charge in [-0.25, -0.2) is 4.79 Å². The third-order valence-electron chi connectivity index (χ3n) is 6.83. The van der Waals surface area contributed by atoms with Crippen molar-refractivity contribution in [2.24, 2.45) is 7.05 Å². The monoisotopic (exact) mass is 493 g/mol. The number of hydrogen-bond donors (Lipinski definition) is 1. The molecular weight excluding hydrogens is 454 g/mol. The minimum atomic E-state index is -0.468. The molecule has 0 radical (unpaired) electrons.